The third kappa shape index (κ3) is 3.16. The lowest BCUT2D eigenvalue weighted by Crippen LogP contribution is -1.90. The maximum absolute atomic E-state index is 5.53. The average molecular weight is 298 g/mol. The van der Waals surface area contributed by atoms with Crippen molar-refractivity contribution in [2.75, 3.05) is 11.9 Å². The van der Waals surface area contributed by atoms with Gasteiger partial charge in [0.15, 0.2) is 5.13 Å². The number of nitrogens with one attached hydrogen (secondary N) is 1. The minimum absolute atomic E-state index is 0.680. The minimum atomic E-state index is 0.680. The number of ether oxygens (including phenoxy) is 1. The first kappa shape index (κ1) is 13.9. The van der Waals surface area contributed by atoms with E-state index in [1.54, 1.807) is 11.3 Å². The van der Waals surface area contributed by atoms with Gasteiger partial charge in [0.25, 0.3) is 0 Å². The van der Waals surface area contributed by atoms with Gasteiger partial charge < -0.3 is 10.1 Å². The lowest BCUT2D eigenvalue weighted by atomic mass is 10.1. The molecule has 0 radical (unpaired) electrons. The fraction of sp³-hybridized carbons (Fsp3) is 0.235. The molecule has 108 valence electrons. The Morgan fingerprint density at radius 3 is 2.86 bits per heavy atom. The summed E-state index contributed by atoms with van der Waals surface area (Å²) >= 11 is 1.64. The zero-order valence-electron chi connectivity index (χ0n) is 12.2. The van der Waals surface area contributed by atoms with E-state index in [1.165, 1.54) is 5.56 Å². The Bertz CT molecular complexity index is 751. The molecule has 3 aromatic rings. The van der Waals surface area contributed by atoms with Crippen LogP contribution in [0.2, 0.25) is 0 Å². The summed E-state index contributed by atoms with van der Waals surface area (Å²) in [5.41, 5.74) is 3.40. The quantitative estimate of drug-likeness (QED) is 0.719. The van der Waals surface area contributed by atoms with Crippen LogP contribution in [0, 0.1) is 0 Å². The van der Waals surface area contributed by atoms with E-state index in [0.29, 0.717) is 6.61 Å². The highest BCUT2D eigenvalue weighted by Gasteiger charge is 2.06. The van der Waals surface area contributed by atoms with Crippen LogP contribution in [0.15, 0.2) is 42.5 Å². The summed E-state index contributed by atoms with van der Waals surface area (Å²) in [6.07, 6.45) is 1.03. The molecule has 0 aliphatic rings. The third-order valence-corrected chi connectivity index (χ3v) is 4.19. The summed E-state index contributed by atoms with van der Waals surface area (Å²) in [5.74, 6) is 0.896. The van der Waals surface area contributed by atoms with Crippen LogP contribution in [-0.2, 0) is 6.42 Å². The predicted octanol–water partition coefficient (Wildman–Crippen LogP) is 5.00. The molecule has 0 saturated carbocycles. The molecule has 0 aliphatic heterocycles. The zero-order chi connectivity index (χ0) is 14.7. The molecule has 1 aromatic heterocycles. The van der Waals surface area contributed by atoms with Gasteiger partial charge in [0, 0.05) is 5.69 Å². The van der Waals surface area contributed by atoms with Gasteiger partial charge in [-0.3, -0.25) is 0 Å². The highest BCUT2D eigenvalue weighted by atomic mass is 32.1. The van der Waals surface area contributed by atoms with Crippen molar-refractivity contribution >= 4 is 32.4 Å². The lowest BCUT2D eigenvalue weighted by Gasteiger charge is -2.03. The van der Waals surface area contributed by atoms with Gasteiger partial charge >= 0.3 is 0 Å². The number of nitrogens with zero attached hydrogens (tertiary/aromatic N) is 1. The fourth-order valence-corrected chi connectivity index (χ4v) is 3.12. The van der Waals surface area contributed by atoms with E-state index < -0.39 is 0 Å². The van der Waals surface area contributed by atoms with E-state index in [0.717, 1.165) is 33.2 Å². The molecule has 1 heterocycles. The number of thiazole rings is 1. The Morgan fingerprint density at radius 2 is 2.05 bits per heavy atom. The van der Waals surface area contributed by atoms with Crippen molar-refractivity contribution in [3.63, 3.8) is 0 Å². The number of rotatable bonds is 5. The van der Waals surface area contributed by atoms with E-state index >= 15 is 0 Å². The standard InChI is InChI=1S/C17H18N2OS/c1-3-12-6-5-7-13(10-12)18-17-19-15-9-8-14(20-4-2)11-16(15)21-17/h5-11H,3-4H2,1-2H3,(H,18,19). The SMILES string of the molecule is CCOc1ccc2nc(Nc3cccc(CC)c3)sc2c1. The second-order valence-electron chi connectivity index (χ2n) is 4.76. The average Bonchev–Trinajstić information content (AvgIpc) is 2.89. The Balaban J connectivity index is 1.86. The molecule has 0 unspecified atom stereocenters. The summed E-state index contributed by atoms with van der Waals surface area (Å²) in [5, 5.41) is 4.30. The second-order valence-corrected chi connectivity index (χ2v) is 5.79. The van der Waals surface area contributed by atoms with Gasteiger partial charge in [0.1, 0.15) is 5.75 Å². The molecule has 4 heteroatoms. The number of hydrogen-bond acceptors (Lipinski definition) is 4. The molecule has 0 aliphatic carbocycles. The first-order chi connectivity index (χ1) is 10.3. The molecule has 0 fully saturated rings. The summed E-state index contributed by atoms with van der Waals surface area (Å²) in [4.78, 5) is 4.62. The van der Waals surface area contributed by atoms with Crippen LogP contribution in [0.4, 0.5) is 10.8 Å². The monoisotopic (exact) mass is 298 g/mol. The number of fused-ring (bicyclic) bond motifs is 1. The summed E-state index contributed by atoms with van der Waals surface area (Å²) in [6.45, 7) is 4.83. The van der Waals surface area contributed by atoms with Gasteiger partial charge in [-0.25, -0.2) is 4.98 Å². The summed E-state index contributed by atoms with van der Waals surface area (Å²) in [7, 11) is 0. The first-order valence-electron chi connectivity index (χ1n) is 7.18. The van der Waals surface area contributed by atoms with Gasteiger partial charge in [-0.2, -0.15) is 0 Å². The van der Waals surface area contributed by atoms with Crippen LogP contribution >= 0.6 is 11.3 Å². The Morgan fingerprint density at radius 1 is 1.14 bits per heavy atom. The molecule has 0 saturated heterocycles. The smallest absolute Gasteiger partial charge is 0.188 e. The molecule has 21 heavy (non-hydrogen) atoms. The van der Waals surface area contributed by atoms with E-state index in [9.17, 15) is 0 Å². The second kappa shape index (κ2) is 6.14. The Kier molecular flexibility index (Phi) is 4.06. The van der Waals surface area contributed by atoms with E-state index in [2.05, 4.69) is 41.5 Å². The van der Waals surface area contributed by atoms with Crippen molar-refractivity contribution in [1.29, 1.82) is 0 Å². The molecule has 0 atom stereocenters. The van der Waals surface area contributed by atoms with Crippen LogP contribution in [0.25, 0.3) is 10.2 Å². The summed E-state index contributed by atoms with van der Waals surface area (Å²) < 4.78 is 6.66. The maximum Gasteiger partial charge on any atom is 0.188 e. The zero-order valence-corrected chi connectivity index (χ0v) is 13.0. The lowest BCUT2D eigenvalue weighted by molar-refractivity contribution is 0.341. The number of anilines is 2. The predicted molar refractivity (Wildman–Crippen MR) is 89.9 cm³/mol. The normalized spacial score (nSPS) is 10.8. The third-order valence-electron chi connectivity index (χ3n) is 3.26. The van der Waals surface area contributed by atoms with E-state index in [-0.39, 0.29) is 0 Å². The Labute approximate surface area is 128 Å². The van der Waals surface area contributed by atoms with Crippen LogP contribution in [0.1, 0.15) is 19.4 Å². The van der Waals surface area contributed by atoms with E-state index in [1.807, 2.05) is 25.1 Å². The molecular formula is C17H18N2OS. The number of benzene rings is 2. The molecule has 3 nitrogen and oxygen atoms in total. The van der Waals surface area contributed by atoms with Crippen LogP contribution in [-0.4, -0.2) is 11.6 Å². The van der Waals surface area contributed by atoms with Crippen molar-refractivity contribution in [2.24, 2.45) is 0 Å². The minimum Gasteiger partial charge on any atom is -0.494 e. The fourth-order valence-electron chi connectivity index (χ4n) is 2.21. The molecular weight excluding hydrogens is 280 g/mol. The number of aryl methyl sites for hydroxylation is 1. The van der Waals surface area contributed by atoms with Gasteiger partial charge in [-0.05, 0) is 49.2 Å². The van der Waals surface area contributed by atoms with Crippen molar-refractivity contribution in [2.45, 2.75) is 20.3 Å². The molecule has 1 N–H and O–H groups in total. The highest BCUT2D eigenvalue weighted by molar-refractivity contribution is 7.22. The van der Waals surface area contributed by atoms with Crippen LogP contribution < -0.4 is 10.1 Å². The topological polar surface area (TPSA) is 34.1 Å². The van der Waals surface area contributed by atoms with Gasteiger partial charge in [-0.15, -0.1) is 0 Å². The van der Waals surface area contributed by atoms with Crippen molar-refractivity contribution < 1.29 is 4.74 Å². The maximum atomic E-state index is 5.53. The van der Waals surface area contributed by atoms with Crippen molar-refractivity contribution in [1.82, 2.24) is 4.98 Å². The van der Waals surface area contributed by atoms with Gasteiger partial charge in [0.2, 0.25) is 0 Å². The molecule has 0 bridgehead atoms. The molecule has 0 spiro atoms. The van der Waals surface area contributed by atoms with Crippen molar-refractivity contribution in [3.05, 3.63) is 48.0 Å². The number of aromatic nitrogens is 1. The highest BCUT2D eigenvalue weighted by Crippen LogP contribution is 2.31. The molecule has 2 aromatic carbocycles. The van der Waals surface area contributed by atoms with Crippen LogP contribution in [0.5, 0.6) is 5.75 Å². The summed E-state index contributed by atoms with van der Waals surface area (Å²) in [6, 6.07) is 14.5. The largest absolute Gasteiger partial charge is 0.494 e. The van der Waals surface area contributed by atoms with Gasteiger partial charge in [0.05, 0.1) is 16.8 Å². The Hall–Kier alpha value is -2.07. The molecule has 3 rings (SSSR count). The van der Waals surface area contributed by atoms with Crippen LogP contribution in [0.3, 0.4) is 0 Å². The van der Waals surface area contributed by atoms with E-state index in [4.69, 9.17) is 4.74 Å². The first-order valence-corrected chi connectivity index (χ1v) is 7.99. The molecule has 0 amide bonds. The van der Waals surface area contributed by atoms with Gasteiger partial charge in [-0.1, -0.05) is 30.4 Å². The number of hydrogen-bond donors (Lipinski definition) is 1. The van der Waals surface area contributed by atoms with Crippen molar-refractivity contribution in [3.8, 4) is 5.75 Å².